The number of guanidine groups is 1. The predicted molar refractivity (Wildman–Crippen MR) is 109 cm³/mol. The molecule has 1 aliphatic carbocycles. The standard InChI is InChI=1S/C21H28N6/c1-21(9-4-7-17-6-2-3-8-18(17)21)16-25-19(22)26-12-14-27(15-13-26)20-23-10-5-11-24-20/h2-3,5-6,8,10-11H,4,7,9,12-16H2,1H3,(H2,22,25). The zero-order valence-corrected chi connectivity index (χ0v) is 16.0. The smallest absolute Gasteiger partial charge is 0.225 e. The van der Waals surface area contributed by atoms with E-state index in [2.05, 4.69) is 51.0 Å². The molecule has 1 fully saturated rings. The molecule has 1 aromatic heterocycles. The van der Waals surface area contributed by atoms with Crippen LogP contribution in [0.5, 0.6) is 0 Å². The molecule has 0 saturated carbocycles. The van der Waals surface area contributed by atoms with Gasteiger partial charge in [-0.2, -0.15) is 0 Å². The maximum atomic E-state index is 6.35. The van der Waals surface area contributed by atoms with Crippen LogP contribution in [0.15, 0.2) is 47.7 Å². The number of nitrogens with zero attached hydrogens (tertiary/aromatic N) is 5. The minimum Gasteiger partial charge on any atom is -0.370 e. The van der Waals surface area contributed by atoms with Crippen molar-refractivity contribution in [3.05, 3.63) is 53.9 Å². The van der Waals surface area contributed by atoms with E-state index in [1.165, 1.54) is 30.4 Å². The number of rotatable bonds is 3. The van der Waals surface area contributed by atoms with Crippen molar-refractivity contribution >= 4 is 11.9 Å². The molecule has 6 nitrogen and oxygen atoms in total. The third kappa shape index (κ3) is 3.75. The molecule has 4 rings (SSSR count). The summed E-state index contributed by atoms with van der Waals surface area (Å²) in [6.45, 7) is 6.49. The first-order chi connectivity index (χ1) is 13.2. The van der Waals surface area contributed by atoms with Gasteiger partial charge in [0.05, 0.1) is 6.54 Å². The topological polar surface area (TPSA) is 70.6 Å². The summed E-state index contributed by atoms with van der Waals surface area (Å²) in [4.78, 5) is 17.9. The molecule has 1 saturated heterocycles. The summed E-state index contributed by atoms with van der Waals surface area (Å²) in [7, 11) is 0. The Bertz CT molecular complexity index is 797. The van der Waals surface area contributed by atoms with Crippen LogP contribution in [0.1, 0.15) is 30.9 Å². The lowest BCUT2D eigenvalue weighted by Gasteiger charge is -2.37. The summed E-state index contributed by atoms with van der Waals surface area (Å²) in [5, 5.41) is 0. The molecule has 0 amide bonds. The first-order valence-corrected chi connectivity index (χ1v) is 9.81. The van der Waals surface area contributed by atoms with E-state index in [-0.39, 0.29) is 5.41 Å². The Kier molecular flexibility index (Phi) is 4.97. The van der Waals surface area contributed by atoms with Gasteiger partial charge in [0.15, 0.2) is 5.96 Å². The summed E-state index contributed by atoms with van der Waals surface area (Å²) in [6.07, 6.45) is 7.13. The van der Waals surface area contributed by atoms with Crippen molar-refractivity contribution in [1.29, 1.82) is 0 Å². The maximum Gasteiger partial charge on any atom is 0.225 e. The van der Waals surface area contributed by atoms with Gasteiger partial charge < -0.3 is 15.5 Å². The second kappa shape index (κ2) is 7.55. The highest BCUT2D eigenvalue weighted by Gasteiger charge is 2.32. The summed E-state index contributed by atoms with van der Waals surface area (Å²) in [6, 6.07) is 10.6. The molecule has 142 valence electrons. The van der Waals surface area contributed by atoms with Crippen LogP contribution in [0.4, 0.5) is 5.95 Å². The van der Waals surface area contributed by atoms with Crippen LogP contribution in [0.2, 0.25) is 0 Å². The van der Waals surface area contributed by atoms with Crippen molar-refractivity contribution in [2.75, 3.05) is 37.6 Å². The van der Waals surface area contributed by atoms with Crippen LogP contribution >= 0.6 is 0 Å². The lowest BCUT2D eigenvalue weighted by molar-refractivity contribution is 0.369. The fourth-order valence-corrected chi connectivity index (χ4v) is 4.24. The van der Waals surface area contributed by atoms with E-state index in [0.717, 1.165) is 38.7 Å². The maximum absolute atomic E-state index is 6.35. The largest absolute Gasteiger partial charge is 0.370 e. The zero-order valence-electron chi connectivity index (χ0n) is 16.0. The number of piperazine rings is 1. The number of benzene rings is 1. The highest BCUT2D eigenvalue weighted by Crippen LogP contribution is 2.37. The van der Waals surface area contributed by atoms with Gasteiger partial charge in [0.2, 0.25) is 5.95 Å². The van der Waals surface area contributed by atoms with Crippen molar-refractivity contribution in [2.45, 2.75) is 31.6 Å². The normalized spacial score (nSPS) is 23.2. The summed E-state index contributed by atoms with van der Waals surface area (Å²) in [5.41, 5.74) is 9.35. The van der Waals surface area contributed by atoms with Gasteiger partial charge in [-0.1, -0.05) is 31.2 Å². The molecule has 1 aliphatic heterocycles. The second-order valence-corrected chi connectivity index (χ2v) is 7.77. The average Bonchev–Trinajstić information content (AvgIpc) is 2.73. The first kappa shape index (κ1) is 17.8. The Hall–Kier alpha value is -2.63. The predicted octanol–water partition coefficient (Wildman–Crippen LogP) is 2.21. The molecule has 6 heteroatoms. The van der Waals surface area contributed by atoms with E-state index in [9.17, 15) is 0 Å². The summed E-state index contributed by atoms with van der Waals surface area (Å²) < 4.78 is 0. The van der Waals surface area contributed by atoms with Crippen molar-refractivity contribution in [2.24, 2.45) is 10.7 Å². The third-order valence-corrected chi connectivity index (χ3v) is 5.87. The lowest BCUT2D eigenvalue weighted by Crippen LogP contribution is -2.51. The Labute approximate surface area is 161 Å². The fraction of sp³-hybridized carbons (Fsp3) is 0.476. The average molecular weight is 364 g/mol. The molecule has 0 spiro atoms. The lowest BCUT2D eigenvalue weighted by atomic mass is 9.71. The van der Waals surface area contributed by atoms with E-state index in [0.29, 0.717) is 5.96 Å². The molecule has 0 bridgehead atoms. The van der Waals surface area contributed by atoms with Crippen LogP contribution in [-0.2, 0) is 11.8 Å². The minimum atomic E-state index is 0.0825. The number of aromatic nitrogens is 2. The summed E-state index contributed by atoms with van der Waals surface area (Å²) in [5.74, 6) is 1.45. The monoisotopic (exact) mass is 364 g/mol. The van der Waals surface area contributed by atoms with Crippen molar-refractivity contribution in [3.63, 3.8) is 0 Å². The van der Waals surface area contributed by atoms with Crippen molar-refractivity contribution in [1.82, 2.24) is 14.9 Å². The third-order valence-electron chi connectivity index (χ3n) is 5.87. The number of aliphatic imine (C=N–C) groups is 1. The van der Waals surface area contributed by atoms with Gasteiger partial charge in [0.25, 0.3) is 0 Å². The molecule has 2 heterocycles. The van der Waals surface area contributed by atoms with E-state index in [1.807, 2.05) is 6.07 Å². The van der Waals surface area contributed by atoms with Gasteiger partial charge in [0.1, 0.15) is 0 Å². The molecular weight excluding hydrogens is 336 g/mol. The first-order valence-electron chi connectivity index (χ1n) is 9.81. The van der Waals surface area contributed by atoms with Gasteiger partial charge in [-0.15, -0.1) is 0 Å². The fourth-order valence-electron chi connectivity index (χ4n) is 4.24. The van der Waals surface area contributed by atoms with Gasteiger partial charge >= 0.3 is 0 Å². The number of aryl methyl sites for hydroxylation is 1. The highest BCUT2D eigenvalue weighted by atomic mass is 15.4. The van der Waals surface area contributed by atoms with Crippen molar-refractivity contribution in [3.8, 4) is 0 Å². The Morgan fingerprint density at radius 2 is 1.85 bits per heavy atom. The van der Waals surface area contributed by atoms with E-state index in [4.69, 9.17) is 10.7 Å². The number of fused-ring (bicyclic) bond motifs is 1. The molecule has 1 aromatic carbocycles. The number of anilines is 1. The van der Waals surface area contributed by atoms with E-state index >= 15 is 0 Å². The minimum absolute atomic E-state index is 0.0825. The van der Waals surface area contributed by atoms with Gasteiger partial charge in [-0.3, -0.25) is 4.99 Å². The molecule has 0 radical (unpaired) electrons. The van der Waals surface area contributed by atoms with Crippen LogP contribution in [0.3, 0.4) is 0 Å². The van der Waals surface area contributed by atoms with Gasteiger partial charge in [-0.25, -0.2) is 9.97 Å². The van der Waals surface area contributed by atoms with Gasteiger partial charge in [-0.05, 0) is 36.5 Å². The number of hydrogen-bond donors (Lipinski definition) is 1. The van der Waals surface area contributed by atoms with Crippen LogP contribution < -0.4 is 10.6 Å². The highest BCUT2D eigenvalue weighted by molar-refractivity contribution is 5.78. The Balaban J connectivity index is 1.39. The summed E-state index contributed by atoms with van der Waals surface area (Å²) >= 11 is 0. The quantitative estimate of drug-likeness (QED) is 0.668. The molecule has 1 atom stereocenters. The van der Waals surface area contributed by atoms with Gasteiger partial charge in [0, 0.05) is 44.0 Å². The molecule has 2 aliphatic rings. The van der Waals surface area contributed by atoms with Crippen LogP contribution in [-0.4, -0.2) is 53.6 Å². The Morgan fingerprint density at radius 1 is 1.11 bits per heavy atom. The molecule has 27 heavy (non-hydrogen) atoms. The van der Waals surface area contributed by atoms with E-state index in [1.54, 1.807) is 12.4 Å². The Morgan fingerprint density at radius 3 is 2.63 bits per heavy atom. The van der Waals surface area contributed by atoms with E-state index < -0.39 is 0 Å². The SMILES string of the molecule is CC1(CN=C(N)N2CCN(c3ncccn3)CC2)CCCc2ccccc21. The zero-order chi connectivity index (χ0) is 18.7. The van der Waals surface area contributed by atoms with Crippen LogP contribution in [0.25, 0.3) is 0 Å². The molecule has 1 unspecified atom stereocenters. The second-order valence-electron chi connectivity index (χ2n) is 7.77. The molecular formula is C21H28N6. The van der Waals surface area contributed by atoms with Crippen LogP contribution in [0, 0.1) is 0 Å². The van der Waals surface area contributed by atoms with Crippen molar-refractivity contribution < 1.29 is 0 Å². The number of hydrogen-bond acceptors (Lipinski definition) is 4. The molecule has 2 N–H and O–H groups in total. The molecule has 2 aromatic rings. The number of nitrogens with two attached hydrogens (primary N) is 1.